The van der Waals surface area contributed by atoms with Crippen LogP contribution >= 0.6 is 0 Å². The summed E-state index contributed by atoms with van der Waals surface area (Å²) >= 11 is 0. The van der Waals surface area contributed by atoms with Gasteiger partial charge in [0.05, 0.1) is 29.4 Å². The van der Waals surface area contributed by atoms with Crippen molar-refractivity contribution in [2.45, 2.75) is 52.1 Å². The molecule has 1 atom stereocenters. The Labute approximate surface area is 230 Å². The summed E-state index contributed by atoms with van der Waals surface area (Å²) in [5, 5.41) is 15.7. The van der Waals surface area contributed by atoms with E-state index in [0.29, 0.717) is 23.6 Å². The Morgan fingerprint density at radius 3 is 2.18 bits per heavy atom. The fourth-order valence-corrected chi connectivity index (χ4v) is 5.05. The van der Waals surface area contributed by atoms with Gasteiger partial charge in [0.2, 0.25) is 0 Å². The maximum absolute atomic E-state index is 12.4. The first-order valence-corrected chi connectivity index (χ1v) is 13.5. The minimum Gasteiger partial charge on any atom is -0.465 e. The van der Waals surface area contributed by atoms with Gasteiger partial charge in [-0.15, -0.1) is 0 Å². The Hall–Kier alpha value is -3.96. The topological polar surface area (TPSA) is 72.6 Å². The van der Waals surface area contributed by atoms with Crippen molar-refractivity contribution in [3.8, 4) is 22.5 Å². The van der Waals surface area contributed by atoms with Crippen LogP contribution in [0, 0.1) is 12.3 Å². The van der Waals surface area contributed by atoms with Crippen LogP contribution in [0.3, 0.4) is 0 Å². The largest absolute Gasteiger partial charge is 0.465 e. The first kappa shape index (κ1) is 26.6. The second kappa shape index (κ2) is 10.7. The van der Waals surface area contributed by atoms with Crippen LogP contribution in [0.2, 0.25) is 0 Å². The van der Waals surface area contributed by atoms with Crippen molar-refractivity contribution in [1.82, 2.24) is 5.16 Å². The average molecular weight is 522 g/mol. The van der Waals surface area contributed by atoms with Gasteiger partial charge in [-0.2, -0.15) is 0 Å². The number of aliphatic hydroxyl groups is 1. The molecule has 1 unspecified atom stereocenters. The lowest BCUT2D eigenvalue weighted by atomic mass is 9.80. The number of carbonyl (C=O) groups is 1. The van der Waals surface area contributed by atoms with Crippen molar-refractivity contribution in [2.75, 3.05) is 6.61 Å². The van der Waals surface area contributed by atoms with Gasteiger partial charge >= 0.3 is 5.97 Å². The molecule has 0 spiro atoms. The van der Waals surface area contributed by atoms with E-state index < -0.39 is 16.9 Å². The number of ether oxygens (including phenoxy) is 1. The third-order valence-electron chi connectivity index (χ3n) is 7.73. The molecule has 5 rings (SSSR count). The number of hydrogen-bond acceptors (Lipinski definition) is 5. The zero-order chi connectivity index (χ0) is 27.6. The smallest absolute Gasteiger partial charge is 0.316 e. The van der Waals surface area contributed by atoms with Crippen LogP contribution in [0.5, 0.6) is 0 Å². The Bertz CT molecular complexity index is 1460. The molecule has 39 heavy (non-hydrogen) atoms. The van der Waals surface area contributed by atoms with Crippen LogP contribution in [-0.4, -0.2) is 22.8 Å². The maximum atomic E-state index is 12.4. The van der Waals surface area contributed by atoms with Gasteiger partial charge in [-0.25, -0.2) is 0 Å². The fourth-order valence-electron chi connectivity index (χ4n) is 5.05. The standard InChI is InChI=1S/C34H35NO4/c1-5-38-32(37)34(21-22-34)28-17-15-26(16-18-28)25-11-13-27(14-12-25)30-29(23(2)35-39-30)31(36)33(3,4)20-19-24-9-7-6-8-10-24/h6-20,31,36H,5,21-22H2,1-4H3/b20-19+. The first-order valence-electron chi connectivity index (χ1n) is 13.5. The van der Waals surface area contributed by atoms with Crippen molar-refractivity contribution >= 4 is 12.0 Å². The van der Waals surface area contributed by atoms with Gasteiger partial charge in [-0.1, -0.05) is 110 Å². The number of hydrogen-bond donors (Lipinski definition) is 1. The highest BCUT2D eigenvalue weighted by atomic mass is 16.5. The number of nitrogens with zero attached hydrogens (tertiary/aromatic N) is 1. The molecule has 0 saturated heterocycles. The summed E-state index contributed by atoms with van der Waals surface area (Å²) in [5.74, 6) is 0.453. The minimum absolute atomic E-state index is 0.124. The lowest BCUT2D eigenvalue weighted by Crippen LogP contribution is -2.23. The number of esters is 1. The monoisotopic (exact) mass is 521 g/mol. The number of rotatable bonds is 9. The van der Waals surface area contributed by atoms with E-state index in [1.807, 2.05) is 107 Å². The number of carbonyl (C=O) groups excluding carboxylic acids is 1. The molecule has 0 aliphatic heterocycles. The zero-order valence-electron chi connectivity index (χ0n) is 23.0. The van der Waals surface area contributed by atoms with Crippen LogP contribution < -0.4 is 0 Å². The number of aryl methyl sites for hydroxylation is 1. The molecule has 1 aliphatic rings. The minimum atomic E-state index is -0.805. The van der Waals surface area contributed by atoms with Crippen molar-refractivity contribution in [3.63, 3.8) is 0 Å². The van der Waals surface area contributed by atoms with Gasteiger partial charge in [0.25, 0.3) is 0 Å². The fraction of sp³-hybridized carbons (Fsp3) is 0.294. The van der Waals surface area contributed by atoms with Crippen LogP contribution in [0.15, 0.2) is 89.5 Å². The normalized spacial score (nSPS) is 15.3. The summed E-state index contributed by atoms with van der Waals surface area (Å²) in [6.45, 7) is 8.12. The molecule has 3 aromatic carbocycles. The molecule has 5 nitrogen and oxygen atoms in total. The molecular weight excluding hydrogens is 486 g/mol. The average Bonchev–Trinajstić information content (AvgIpc) is 3.69. The van der Waals surface area contributed by atoms with E-state index in [-0.39, 0.29) is 5.97 Å². The van der Waals surface area contributed by atoms with Crippen LogP contribution in [-0.2, 0) is 14.9 Å². The van der Waals surface area contributed by atoms with Gasteiger partial charge in [-0.05, 0) is 48.9 Å². The van der Waals surface area contributed by atoms with Gasteiger partial charge in [0, 0.05) is 11.0 Å². The summed E-state index contributed by atoms with van der Waals surface area (Å²) < 4.78 is 11.0. The van der Waals surface area contributed by atoms with Crippen LogP contribution in [0.25, 0.3) is 28.5 Å². The molecule has 0 amide bonds. The molecular formula is C34H35NO4. The van der Waals surface area contributed by atoms with E-state index in [1.165, 1.54) is 0 Å². The predicted molar refractivity (Wildman–Crippen MR) is 154 cm³/mol. The Morgan fingerprint density at radius 2 is 1.59 bits per heavy atom. The summed E-state index contributed by atoms with van der Waals surface area (Å²) in [7, 11) is 0. The molecule has 1 aliphatic carbocycles. The molecule has 200 valence electrons. The highest BCUT2D eigenvalue weighted by Crippen LogP contribution is 2.49. The van der Waals surface area contributed by atoms with Gasteiger partial charge in [0.15, 0.2) is 5.76 Å². The molecule has 1 heterocycles. The molecule has 4 aromatic rings. The van der Waals surface area contributed by atoms with Crippen molar-refractivity contribution < 1.29 is 19.2 Å². The molecule has 1 aromatic heterocycles. The van der Waals surface area contributed by atoms with E-state index in [4.69, 9.17) is 9.26 Å². The maximum Gasteiger partial charge on any atom is 0.316 e. The van der Waals surface area contributed by atoms with Crippen molar-refractivity contribution in [1.29, 1.82) is 0 Å². The summed E-state index contributed by atoms with van der Waals surface area (Å²) in [6.07, 6.45) is 4.93. The third-order valence-corrected chi connectivity index (χ3v) is 7.73. The predicted octanol–water partition coefficient (Wildman–Crippen LogP) is 7.68. The molecule has 1 fully saturated rings. The lowest BCUT2D eigenvalue weighted by molar-refractivity contribution is -0.146. The van der Waals surface area contributed by atoms with Crippen LogP contribution in [0.4, 0.5) is 0 Å². The summed E-state index contributed by atoms with van der Waals surface area (Å²) in [4.78, 5) is 12.4. The zero-order valence-corrected chi connectivity index (χ0v) is 23.0. The van der Waals surface area contributed by atoms with E-state index in [9.17, 15) is 9.90 Å². The lowest BCUT2D eigenvalue weighted by Gasteiger charge is -2.27. The van der Waals surface area contributed by atoms with E-state index in [2.05, 4.69) is 17.3 Å². The molecule has 5 heteroatoms. The molecule has 1 N–H and O–H groups in total. The number of benzene rings is 3. The van der Waals surface area contributed by atoms with Crippen LogP contribution in [0.1, 0.15) is 62.1 Å². The van der Waals surface area contributed by atoms with Crippen molar-refractivity contribution in [3.05, 3.63) is 107 Å². The van der Waals surface area contributed by atoms with Gasteiger partial charge < -0.3 is 14.4 Å². The van der Waals surface area contributed by atoms with Gasteiger partial charge in [0.1, 0.15) is 0 Å². The third kappa shape index (κ3) is 5.32. The quantitative estimate of drug-likeness (QED) is 0.229. The first-order chi connectivity index (χ1) is 18.7. The van der Waals surface area contributed by atoms with E-state index >= 15 is 0 Å². The van der Waals surface area contributed by atoms with E-state index in [1.54, 1.807) is 0 Å². The Kier molecular flexibility index (Phi) is 7.28. The molecule has 0 bridgehead atoms. The second-order valence-corrected chi connectivity index (χ2v) is 10.9. The Balaban J connectivity index is 1.36. The molecule has 0 radical (unpaired) electrons. The summed E-state index contributed by atoms with van der Waals surface area (Å²) in [6, 6.07) is 26.3. The SMILES string of the molecule is CCOC(=O)C1(c2ccc(-c3ccc(-c4onc(C)c4C(O)C(C)(C)/C=C/c4ccccc4)cc3)cc2)CC1. The number of aromatic nitrogens is 1. The highest BCUT2D eigenvalue weighted by Gasteiger charge is 2.52. The van der Waals surface area contributed by atoms with E-state index in [0.717, 1.165) is 40.7 Å². The van der Waals surface area contributed by atoms with Crippen molar-refractivity contribution in [2.24, 2.45) is 5.41 Å². The second-order valence-electron chi connectivity index (χ2n) is 10.9. The Morgan fingerprint density at radius 1 is 1.00 bits per heavy atom. The summed E-state index contributed by atoms with van der Waals surface area (Å²) in [5.41, 5.74) is 5.42. The highest BCUT2D eigenvalue weighted by molar-refractivity contribution is 5.87. The molecule has 1 saturated carbocycles. The van der Waals surface area contributed by atoms with Gasteiger partial charge in [-0.3, -0.25) is 4.79 Å². The number of aliphatic hydroxyl groups excluding tert-OH is 1.